The smallest absolute Gasteiger partial charge is 0.125 e. The van der Waals surface area contributed by atoms with E-state index in [1.54, 1.807) is 17.1 Å². The Labute approximate surface area is 59.2 Å². The first-order chi connectivity index (χ1) is 4.74. The predicted molar refractivity (Wildman–Crippen MR) is 38.9 cm³/mol. The van der Waals surface area contributed by atoms with Crippen LogP contribution in [0, 0.1) is 5.41 Å². The van der Waals surface area contributed by atoms with Crippen molar-refractivity contribution in [3.63, 3.8) is 0 Å². The monoisotopic (exact) mass is 138 g/mol. The first kappa shape index (κ1) is 6.80. The van der Waals surface area contributed by atoms with E-state index in [0.29, 0.717) is 5.56 Å². The van der Waals surface area contributed by atoms with Gasteiger partial charge in [0.25, 0.3) is 0 Å². The van der Waals surface area contributed by atoms with Crippen LogP contribution >= 0.6 is 0 Å². The number of amidine groups is 1. The summed E-state index contributed by atoms with van der Waals surface area (Å²) in [4.78, 5) is 0. The highest BCUT2D eigenvalue weighted by Gasteiger charge is 1.97. The summed E-state index contributed by atoms with van der Waals surface area (Å²) in [5, 5.41) is 11.0. The van der Waals surface area contributed by atoms with Gasteiger partial charge in [-0.2, -0.15) is 5.10 Å². The molecule has 0 aliphatic rings. The van der Waals surface area contributed by atoms with Crippen molar-refractivity contribution in [3.05, 3.63) is 18.0 Å². The lowest BCUT2D eigenvalue weighted by atomic mass is 10.3. The van der Waals surface area contributed by atoms with Crippen LogP contribution in [-0.4, -0.2) is 15.6 Å². The second kappa shape index (κ2) is 2.51. The molecule has 0 unspecified atom stereocenters. The fraction of sp³-hybridized carbons (Fsp3) is 0.333. The summed E-state index contributed by atoms with van der Waals surface area (Å²) in [7, 11) is 0. The van der Waals surface area contributed by atoms with Crippen molar-refractivity contribution in [1.82, 2.24) is 9.78 Å². The molecule has 10 heavy (non-hydrogen) atoms. The number of hydrogen-bond acceptors (Lipinski definition) is 2. The molecule has 1 rings (SSSR count). The highest BCUT2D eigenvalue weighted by Crippen LogP contribution is 1.94. The third-order valence-electron chi connectivity index (χ3n) is 1.27. The Kier molecular flexibility index (Phi) is 1.71. The van der Waals surface area contributed by atoms with Crippen molar-refractivity contribution < 1.29 is 0 Å². The zero-order chi connectivity index (χ0) is 7.56. The molecule has 0 spiro atoms. The van der Waals surface area contributed by atoms with Gasteiger partial charge in [0.05, 0.1) is 11.8 Å². The van der Waals surface area contributed by atoms with E-state index in [1.165, 1.54) is 0 Å². The van der Waals surface area contributed by atoms with Crippen LogP contribution in [0.2, 0.25) is 0 Å². The normalized spacial score (nSPS) is 9.70. The van der Waals surface area contributed by atoms with Crippen LogP contribution in [0.15, 0.2) is 12.4 Å². The zero-order valence-electron chi connectivity index (χ0n) is 5.83. The van der Waals surface area contributed by atoms with E-state index in [-0.39, 0.29) is 5.84 Å². The number of nitrogens with two attached hydrogens (primary N) is 1. The maximum Gasteiger partial charge on any atom is 0.125 e. The molecule has 3 N–H and O–H groups in total. The van der Waals surface area contributed by atoms with Crippen LogP contribution in [0.1, 0.15) is 12.5 Å². The van der Waals surface area contributed by atoms with Gasteiger partial charge in [0.2, 0.25) is 0 Å². The summed E-state index contributed by atoms with van der Waals surface area (Å²) in [5.41, 5.74) is 5.89. The van der Waals surface area contributed by atoms with Gasteiger partial charge in [-0.05, 0) is 6.92 Å². The molecule has 0 aliphatic heterocycles. The lowest BCUT2D eigenvalue weighted by Crippen LogP contribution is -2.09. The summed E-state index contributed by atoms with van der Waals surface area (Å²) >= 11 is 0. The molecular weight excluding hydrogens is 128 g/mol. The molecule has 0 aliphatic carbocycles. The summed E-state index contributed by atoms with van der Waals surface area (Å²) in [6.45, 7) is 2.80. The minimum atomic E-state index is 0.0692. The molecule has 4 heteroatoms. The maximum absolute atomic E-state index is 7.05. The molecule has 0 amide bonds. The van der Waals surface area contributed by atoms with Crippen molar-refractivity contribution in [2.75, 3.05) is 0 Å². The molecule has 1 aromatic rings. The first-order valence-electron chi connectivity index (χ1n) is 3.11. The molecule has 1 aromatic heterocycles. The van der Waals surface area contributed by atoms with E-state index >= 15 is 0 Å². The van der Waals surface area contributed by atoms with Gasteiger partial charge < -0.3 is 5.73 Å². The minimum absolute atomic E-state index is 0.0692. The number of nitrogens with one attached hydrogen (secondary N) is 1. The van der Waals surface area contributed by atoms with Crippen LogP contribution in [0.25, 0.3) is 0 Å². The number of hydrogen-bond donors (Lipinski definition) is 2. The van der Waals surface area contributed by atoms with Crippen molar-refractivity contribution in [3.8, 4) is 0 Å². The number of rotatable bonds is 2. The quantitative estimate of drug-likeness (QED) is 0.452. The number of nitrogens with zero attached hydrogens (tertiary/aromatic N) is 2. The second-order valence-corrected chi connectivity index (χ2v) is 2.00. The Morgan fingerprint density at radius 2 is 2.60 bits per heavy atom. The average Bonchev–Trinajstić information content (AvgIpc) is 2.34. The highest BCUT2D eigenvalue weighted by atomic mass is 15.3. The molecular formula is C6H10N4. The highest BCUT2D eigenvalue weighted by molar-refractivity contribution is 5.94. The average molecular weight is 138 g/mol. The summed E-state index contributed by atoms with van der Waals surface area (Å²) < 4.78 is 1.73. The predicted octanol–water partition coefficient (Wildman–Crippen LogP) is 0.187. The van der Waals surface area contributed by atoms with Gasteiger partial charge in [-0.1, -0.05) is 0 Å². The third-order valence-corrected chi connectivity index (χ3v) is 1.27. The first-order valence-corrected chi connectivity index (χ1v) is 3.11. The topological polar surface area (TPSA) is 67.7 Å². The lowest BCUT2D eigenvalue weighted by Gasteiger charge is -1.90. The van der Waals surface area contributed by atoms with Crippen molar-refractivity contribution in [2.45, 2.75) is 13.5 Å². The fourth-order valence-electron chi connectivity index (χ4n) is 0.676. The Morgan fingerprint density at radius 3 is 2.90 bits per heavy atom. The Hall–Kier alpha value is -1.32. The van der Waals surface area contributed by atoms with E-state index in [2.05, 4.69) is 5.10 Å². The van der Waals surface area contributed by atoms with E-state index in [0.717, 1.165) is 6.54 Å². The maximum atomic E-state index is 7.05. The Balaban J connectivity index is 2.88. The molecule has 0 aromatic carbocycles. The van der Waals surface area contributed by atoms with Crippen LogP contribution in [0.3, 0.4) is 0 Å². The van der Waals surface area contributed by atoms with Crippen molar-refractivity contribution >= 4 is 5.84 Å². The second-order valence-electron chi connectivity index (χ2n) is 2.00. The fourth-order valence-corrected chi connectivity index (χ4v) is 0.676. The van der Waals surface area contributed by atoms with Gasteiger partial charge >= 0.3 is 0 Å². The molecule has 4 nitrogen and oxygen atoms in total. The van der Waals surface area contributed by atoms with E-state index in [9.17, 15) is 0 Å². The third kappa shape index (κ3) is 1.15. The van der Waals surface area contributed by atoms with E-state index in [4.69, 9.17) is 11.1 Å². The molecule has 54 valence electrons. The lowest BCUT2D eigenvalue weighted by molar-refractivity contribution is 0.660. The van der Waals surface area contributed by atoms with Crippen molar-refractivity contribution in [1.29, 1.82) is 5.41 Å². The number of nitrogen functional groups attached to an aromatic ring is 1. The van der Waals surface area contributed by atoms with Gasteiger partial charge in [0, 0.05) is 12.7 Å². The van der Waals surface area contributed by atoms with Crippen LogP contribution < -0.4 is 5.73 Å². The number of aryl methyl sites for hydroxylation is 1. The minimum Gasteiger partial charge on any atom is -0.384 e. The summed E-state index contributed by atoms with van der Waals surface area (Å²) in [5.74, 6) is 0.0692. The molecule has 0 atom stereocenters. The molecule has 1 heterocycles. The van der Waals surface area contributed by atoms with Crippen LogP contribution in [0.5, 0.6) is 0 Å². The van der Waals surface area contributed by atoms with Crippen LogP contribution in [-0.2, 0) is 6.54 Å². The molecule has 0 saturated carbocycles. The zero-order valence-corrected chi connectivity index (χ0v) is 5.83. The number of aromatic nitrogens is 2. The Bertz CT molecular complexity index is 238. The van der Waals surface area contributed by atoms with Gasteiger partial charge in [-0.3, -0.25) is 10.1 Å². The largest absolute Gasteiger partial charge is 0.384 e. The molecule has 0 radical (unpaired) electrons. The van der Waals surface area contributed by atoms with Gasteiger partial charge in [0.1, 0.15) is 5.84 Å². The van der Waals surface area contributed by atoms with Crippen LogP contribution in [0.4, 0.5) is 0 Å². The van der Waals surface area contributed by atoms with E-state index in [1.807, 2.05) is 6.92 Å². The summed E-state index contributed by atoms with van der Waals surface area (Å²) in [6.07, 6.45) is 3.34. The van der Waals surface area contributed by atoms with Gasteiger partial charge in [-0.25, -0.2) is 0 Å². The standard InChI is InChI=1S/C6H10N4/c1-2-10-4-5(3-9-10)6(7)8/h3-4H,2H2,1H3,(H3,7,8). The molecule has 0 saturated heterocycles. The molecule has 0 bridgehead atoms. The Morgan fingerprint density at radius 1 is 1.90 bits per heavy atom. The summed E-state index contributed by atoms with van der Waals surface area (Å²) in [6, 6.07) is 0. The molecule has 0 fully saturated rings. The SMILES string of the molecule is CCn1cc(C(=N)N)cn1. The van der Waals surface area contributed by atoms with Gasteiger partial charge in [0.15, 0.2) is 0 Å². The van der Waals surface area contributed by atoms with Gasteiger partial charge in [-0.15, -0.1) is 0 Å². The van der Waals surface area contributed by atoms with Crippen molar-refractivity contribution in [2.24, 2.45) is 5.73 Å². The van der Waals surface area contributed by atoms with E-state index < -0.39 is 0 Å².